The predicted molar refractivity (Wildman–Crippen MR) is 116 cm³/mol. The van der Waals surface area contributed by atoms with Gasteiger partial charge in [0.05, 0.1) is 4.90 Å². The van der Waals surface area contributed by atoms with Crippen LogP contribution in [0.1, 0.15) is 18.4 Å². The minimum Gasteiger partial charge on any atom is -0.299 e. The van der Waals surface area contributed by atoms with Crippen LogP contribution < -0.4 is 4.72 Å². The maximum atomic E-state index is 12.5. The van der Waals surface area contributed by atoms with E-state index in [1.54, 1.807) is 30.0 Å². The molecule has 0 aromatic heterocycles. The normalized spacial score (nSPS) is 16.5. The fourth-order valence-electron chi connectivity index (χ4n) is 3.39. The number of benzene rings is 2. The molecular weight excluding hydrogens is 444 g/mol. The van der Waals surface area contributed by atoms with Crippen LogP contribution in [0.2, 0.25) is 0 Å². The molecule has 2 aromatic rings. The lowest BCUT2D eigenvalue weighted by Gasteiger charge is -2.32. The van der Waals surface area contributed by atoms with Gasteiger partial charge in [0, 0.05) is 22.5 Å². The summed E-state index contributed by atoms with van der Waals surface area (Å²) >= 11 is 5.11. The summed E-state index contributed by atoms with van der Waals surface area (Å²) in [5.41, 5.74) is 1.37. The van der Waals surface area contributed by atoms with E-state index in [1.807, 2.05) is 6.07 Å². The molecule has 0 radical (unpaired) electrons. The average Bonchev–Trinajstić information content (AvgIpc) is 2.68. The molecule has 0 atom stereocenters. The van der Waals surface area contributed by atoms with Gasteiger partial charge in [-0.05, 0) is 77.8 Å². The van der Waals surface area contributed by atoms with Crippen molar-refractivity contribution in [3.05, 3.63) is 58.6 Å². The Balaban J connectivity index is 1.50. The molecule has 0 spiro atoms. The maximum Gasteiger partial charge on any atom is 0.241 e. The van der Waals surface area contributed by atoms with Gasteiger partial charge in [-0.3, -0.25) is 4.90 Å². The highest BCUT2D eigenvalue weighted by atomic mass is 79.9. The van der Waals surface area contributed by atoms with Crippen molar-refractivity contribution < 1.29 is 8.42 Å². The smallest absolute Gasteiger partial charge is 0.241 e. The number of likely N-dealkylation sites (tertiary alicyclic amines) is 1. The zero-order valence-electron chi connectivity index (χ0n) is 15.4. The van der Waals surface area contributed by atoms with Crippen molar-refractivity contribution in [1.29, 1.82) is 0 Å². The minimum atomic E-state index is -3.47. The molecule has 1 N–H and O–H groups in total. The Morgan fingerprint density at radius 1 is 1.11 bits per heavy atom. The summed E-state index contributed by atoms with van der Waals surface area (Å²) in [5.74, 6) is 0.384. The Morgan fingerprint density at radius 3 is 2.48 bits per heavy atom. The van der Waals surface area contributed by atoms with Crippen LogP contribution in [0.4, 0.5) is 0 Å². The van der Waals surface area contributed by atoms with Gasteiger partial charge in [0.15, 0.2) is 0 Å². The highest BCUT2D eigenvalue weighted by Crippen LogP contribution is 2.25. The first-order valence-electron chi connectivity index (χ1n) is 9.08. The average molecular weight is 469 g/mol. The molecule has 4 nitrogen and oxygen atoms in total. The van der Waals surface area contributed by atoms with Crippen molar-refractivity contribution in [3.63, 3.8) is 0 Å². The molecule has 0 amide bonds. The first-order valence-corrected chi connectivity index (χ1v) is 12.6. The second kappa shape index (κ2) is 9.56. The van der Waals surface area contributed by atoms with Crippen molar-refractivity contribution in [1.82, 2.24) is 9.62 Å². The Labute approximate surface area is 174 Å². The molecule has 3 rings (SSSR count). The Bertz CT molecular complexity index is 866. The molecule has 0 bridgehead atoms. The van der Waals surface area contributed by atoms with Crippen LogP contribution in [-0.2, 0) is 16.6 Å². The van der Waals surface area contributed by atoms with Crippen LogP contribution in [0, 0.1) is 5.92 Å². The summed E-state index contributed by atoms with van der Waals surface area (Å²) in [5, 5.41) is 0. The lowest BCUT2D eigenvalue weighted by Crippen LogP contribution is -2.38. The third-order valence-corrected chi connectivity index (χ3v) is 8.26. The highest BCUT2D eigenvalue weighted by Gasteiger charge is 2.23. The van der Waals surface area contributed by atoms with E-state index in [0.29, 0.717) is 21.8 Å². The molecule has 1 fully saturated rings. The highest BCUT2D eigenvalue weighted by molar-refractivity contribution is 9.10. The summed E-state index contributed by atoms with van der Waals surface area (Å²) in [4.78, 5) is 4.10. The van der Waals surface area contributed by atoms with E-state index in [9.17, 15) is 8.42 Å². The predicted octanol–water partition coefficient (Wildman–Crippen LogP) is 4.36. The van der Waals surface area contributed by atoms with Crippen LogP contribution >= 0.6 is 27.7 Å². The van der Waals surface area contributed by atoms with Gasteiger partial charge in [-0.2, -0.15) is 0 Å². The minimum absolute atomic E-state index is 0.302. The summed E-state index contributed by atoms with van der Waals surface area (Å²) in [6, 6.07) is 15.5. The Kier molecular flexibility index (Phi) is 7.39. The summed E-state index contributed by atoms with van der Waals surface area (Å²) < 4.78 is 28.4. The van der Waals surface area contributed by atoms with Crippen LogP contribution in [0.5, 0.6) is 0 Å². The first kappa shape index (κ1) is 20.9. The topological polar surface area (TPSA) is 49.4 Å². The van der Waals surface area contributed by atoms with Crippen molar-refractivity contribution in [2.75, 3.05) is 25.9 Å². The SMILES string of the molecule is CSc1ccccc1CN1CCC(CNS(=O)(=O)c2ccccc2Br)CC1. The van der Waals surface area contributed by atoms with Crippen LogP contribution in [-0.4, -0.2) is 39.2 Å². The van der Waals surface area contributed by atoms with Gasteiger partial charge >= 0.3 is 0 Å². The number of nitrogens with zero attached hydrogens (tertiary/aromatic N) is 1. The number of hydrogen-bond acceptors (Lipinski definition) is 4. The van der Waals surface area contributed by atoms with Crippen molar-refractivity contribution in [3.8, 4) is 0 Å². The number of rotatable bonds is 7. The van der Waals surface area contributed by atoms with Gasteiger partial charge in [-0.1, -0.05) is 30.3 Å². The number of sulfonamides is 1. The lowest BCUT2D eigenvalue weighted by molar-refractivity contribution is 0.177. The molecule has 0 saturated carbocycles. The number of thioether (sulfide) groups is 1. The van der Waals surface area contributed by atoms with Crippen molar-refractivity contribution in [2.45, 2.75) is 29.2 Å². The molecule has 1 saturated heterocycles. The molecule has 1 aliphatic rings. The van der Waals surface area contributed by atoms with Gasteiger partial charge in [-0.15, -0.1) is 11.8 Å². The van der Waals surface area contributed by atoms with E-state index in [0.717, 1.165) is 32.5 Å². The molecule has 146 valence electrons. The molecule has 7 heteroatoms. The fraction of sp³-hybridized carbons (Fsp3) is 0.400. The van der Waals surface area contributed by atoms with E-state index in [4.69, 9.17) is 0 Å². The number of nitrogens with one attached hydrogen (secondary N) is 1. The largest absolute Gasteiger partial charge is 0.299 e. The Hall–Kier alpha value is -0.860. The molecule has 0 aliphatic carbocycles. The van der Waals surface area contributed by atoms with E-state index in [-0.39, 0.29) is 0 Å². The van der Waals surface area contributed by atoms with Gasteiger partial charge in [0.1, 0.15) is 0 Å². The molecule has 1 heterocycles. The fourth-order valence-corrected chi connectivity index (χ4v) is 6.12. The van der Waals surface area contributed by atoms with Crippen LogP contribution in [0.3, 0.4) is 0 Å². The van der Waals surface area contributed by atoms with E-state index in [1.165, 1.54) is 10.5 Å². The second-order valence-electron chi connectivity index (χ2n) is 6.81. The summed E-state index contributed by atoms with van der Waals surface area (Å²) in [7, 11) is -3.47. The summed E-state index contributed by atoms with van der Waals surface area (Å²) in [6.07, 6.45) is 4.14. The van der Waals surface area contributed by atoms with Crippen molar-refractivity contribution >= 4 is 37.7 Å². The van der Waals surface area contributed by atoms with E-state index < -0.39 is 10.0 Å². The van der Waals surface area contributed by atoms with E-state index in [2.05, 4.69) is 56.1 Å². The molecule has 2 aromatic carbocycles. The molecule has 1 aliphatic heterocycles. The Morgan fingerprint density at radius 2 is 1.78 bits per heavy atom. The van der Waals surface area contributed by atoms with Crippen LogP contribution in [0.25, 0.3) is 0 Å². The maximum absolute atomic E-state index is 12.5. The number of hydrogen-bond donors (Lipinski definition) is 1. The first-order chi connectivity index (χ1) is 13.0. The van der Waals surface area contributed by atoms with E-state index >= 15 is 0 Å². The van der Waals surface area contributed by atoms with Gasteiger partial charge in [-0.25, -0.2) is 13.1 Å². The monoisotopic (exact) mass is 468 g/mol. The number of halogens is 1. The third kappa shape index (κ3) is 5.57. The van der Waals surface area contributed by atoms with Gasteiger partial charge in [0.2, 0.25) is 10.0 Å². The summed E-state index contributed by atoms with van der Waals surface area (Å²) in [6.45, 7) is 3.47. The molecule has 0 unspecified atom stereocenters. The van der Waals surface area contributed by atoms with Gasteiger partial charge in [0.25, 0.3) is 0 Å². The molecule has 27 heavy (non-hydrogen) atoms. The lowest BCUT2D eigenvalue weighted by atomic mass is 9.97. The third-order valence-electron chi connectivity index (χ3n) is 4.98. The standard InChI is InChI=1S/C20H25BrN2O2S2/c1-26-19-8-4-2-6-17(19)15-23-12-10-16(11-13-23)14-22-27(24,25)20-9-5-3-7-18(20)21/h2-9,16,22H,10-15H2,1H3. The van der Waals surface area contributed by atoms with Gasteiger partial charge < -0.3 is 0 Å². The number of piperidine rings is 1. The van der Waals surface area contributed by atoms with Crippen LogP contribution in [0.15, 0.2) is 62.8 Å². The zero-order chi connectivity index (χ0) is 19.3. The second-order valence-corrected chi connectivity index (χ2v) is 10.3. The van der Waals surface area contributed by atoms with Crippen molar-refractivity contribution in [2.24, 2.45) is 5.92 Å². The molecular formula is C20H25BrN2O2S2. The zero-order valence-corrected chi connectivity index (χ0v) is 18.6. The quantitative estimate of drug-likeness (QED) is 0.613.